The number of nitrogens with zero attached hydrogens (tertiary/aromatic N) is 2. The first kappa shape index (κ1) is 20.7. The van der Waals surface area contributed by atoms with Crippen LogP contribution in [0.15, 0.2) is 60.0 Å². The number of aromatic nitrogens is 2. The van der Waals surface area contributed by atoms with Crippen LogP contribution in [0.3, 0.4) is 0 Å². The van der Waals surface area contributed by atoms with E-state index in [2.05, 4.69) is 20.2 Å². The van der Waals surface area contributed by atoms with Gasteiger partial charge >= 0.3 is 0 Å². The highest BCUT2D eigenvalue weighted by molar-refractivity contribution is 7.16. The van der Waals surface area contributed by atoms with Gasteiger partial charge in [0.25, 0.3) is 11.8 Å². The van der Waals surface area contributed by atoms with Crippen LogP contribution in [-0.2, 0) is 0 Å². The summed E-state index contributed by atoms with van der Waals surface area (Å²) in [5, 5.41) is 11.6. The normalized spacial score (nSPS) is 10.5. The predicted octanol–water partition coefficient (Wildman–Crippen LogP) is 5.09. The zero-order valence-electron chi connectivity index (χ0n) is 16.7. The average molecular weight is 451 g/mol. The van der Waals surface area contributed by atoms with Gasteiger partial charge in [-0.25, -0.2) is 0 Å². The lowest BCUT2D eigenvalue weighted by molar-refractivity contribution is 0.102. The summed E-state index contributed by atoms with van der Waals surface area (Å²) in [7, 11) is 1.60. The van der Waals surface area contributed by atoms with Crippen LogP contribution < -0.4 is 15.4 Å². The first-order valence-corrected chi connectivity index (χ1v) is 10.9. The van der Waals surface area contributed by atoms with Crippen molar-refractivity contribution < 1.29 is 14.3 Å². The summed E-state index contributed by atoms with van der Waals surface area (Å²) in [5.74, 6) is 0.188. The maximum atomic E-state index is 12.6. The number of rotatable bonds is 6. The molecule has 2 aromatic carbocycles. The number of ether oxygens (including phenoxy) is 1. The van der Waals surface area contributed by atoms with Gasteiger partial charge in [0, 0.05) is 22.3 Å². The van der Waals surface area contributed by atoms with Crippen molar-refractivity contribution in [1.29, 1.82) is 0 Å². The Kier molecular flexibility index (Phi) is 6.06. The van der Waals surface area contributed by atoms with E-state index in [1.165, 1.54) is 11.5 Å². The van der Waals surface area contributed by atoms with Gasteiger partial charge in [-0.05, 0) is 66.5 Å². The average Bonchev–Trinajstić information content (AvgIpc) is 3.48. The molecule has 2 heterocycles. The quantitative estimate of drug-likeness (QED) is 0.427. The summed E-state index contributed by atoms with van der Waals surface area (Å²) in [4.78, 5) is 26.1. The Morgan fingerprint density at radius 1 is 0.935 bits per heavy atom. The standard InChI is InChI=1S/C22H18N4O3S2/c1-13-11-16(29-2)7-8-17(13)24-22(28)20-10-9-19(31-20)21(27)23-15-5-3-14(4-6-15)18-12-30-26-25-18/h3-12H,1-2H3,(H,23,27)(H,24,28). The van der Waals surface area contributed by atoms with E-state index in [1.807, 2.05) is 30.5 Å². The summed E-state index contributed by atoms with van der Waals surface area (Å²) in [5.41, 5.74) is 3.96. The molecule has 0 aliphatic carbocycles. The van der Waals surface area contributed by atoms with E-state index >= 15 is 0 Å². The minimum atomic E-state index is -0.271. The maximum Gasteiger partial charge on any atom is 0.265 e. The zero-order chi connectivity index (χ0) is 21.8. The smallest absolute Gasteiger partial charge is 0.265 e. The summed E-state index contributed by atoms with van der Waals surface area (Å²) < 4.78 is 9.03. The van der Waals surface area contributed by atoms with E-state index in [4.69, 9.17) is 4.74 Å². The topological polar surface area (TPSA) is 93.2 Å². The Hall–Kier alpha value is -3.56. The Bertz CT molecular complexity index is 1220. The molecular formula is C22H18N4O3S2. The Balaban J connectivity index is 1.41. The predicted molar refractivity (Wildman–Crippen MR) is 123 cm³/mol. The van der Waals surface area contributed by atoms with Crippen molar-refractivity contribution in [2.45, 2.75) is 6.92 Å². The lowest BCUT2D eigenvalue weighted by Gasteiger charge is -2.09. The maximum absolute atomic E-state index is 12.6. The molecule has 4 rings (SSSR count). The van der Waals surface area contributed by atoms with Crippen molar-refractivity contribution in [2.24, 2.45) is 0 Å². The number of benzene rings is 2. The van der Waals surface area contributed by atoms with Gasteiger partial charge in [0.2, 0.25) is 0 Å². The number of hydrogen-bond donors (Lipinski definition) is 2. The lowest BCUT2D eigenvalue weighted by Crippen LogP contribution is -2.11. The fourth-order valence-corrected chi connectivity index (χ4v) is 4.14. The first-order valence-electron chi connectivity index (χ1n) is 9.28. The van der Waals surface area contributed by atoms with Crippen LogP contribution >= 0.6 is 22.9 Å². The highest BCUT2D eigenvalue weighted by Crippen LogP contribution is 2.25. The van der Waals surface area contributed by atoms with Gasteiger partial charge in [-0.1, -0.05) is 16.6 Å². The molecule has 4 aromatic rings. The van der Waals surface area contributed by atoms with Crippen molar-refractivity contribution in [3.63, 3.8) is 0 Å². The van der Waals surface area contributed by atoms with Crippen molar-refractivity contribution in [2.75, 3.05) is 17.7 Å². The highest BCUT2D eigenvalue weighted by Gasteiger charge is 2.15. The SMILES string of the molecule is COc1ccc(NC(=O)c2ccc(C(=O)Nc3ccc(-c4csnn4)cc3)s2)c(C)c1. The Morgan fingerprint density at radius 2 is 1.65 bits per heavy atom. The molecule has 2 aromatic heterocycles. The van der Waals surface area contributed by atoms with Crippen molar-refractivity contribution >= 4 is 46.1 Å². The van der Waals surface area contributed by atoms with Gasteiger partial charge in [-0.2, -0.15) is 0 Å². The number of thiophene rings is 1. The number of hydrogen-bond acceptors (Lipinski definition) is 7. The molecule has 0 aliphatic rings. The van der Waals surface area contributed by atoms with E-state index in [-0.39, 0.29) is 11.8 Å². The van der Waals surface area contributed by atoms with E-state index in [0.717, 1.165) is 33.9 Å². The van der Waals surface area contributed by atoms with E-state index < -0.39 is 0 Å². The third-order valence-electron chi connectivity index (χ3n) is 4.53. The van der Waals surface area contributed by atoms with Gasteiger partial charge < -0.3 is 15.4 Å². The lowest BCUT2D eigenvalue weighted by atomic mass is 10.1. The molecule has 0 aliphatic heterocycles. The molecule has 156 valence electrons. The number of amides is 2. The summed E-state index contributed by atoms with van der Waals surface area (Å²) in [6.45, 7) is 1.89. The van der Waals surface area contributed by atoms with Crippen molar-refractivity contribution in [3.8, 4) is 17.0 Å². The van der Waals surface area contributed by atoms with Crippen LogP contribution in [0.5, 0.6) is 5.75 Å². The second-order valence-corrected chi connectivity index (χ2v) is 8.31. The molecule has 0 radical (unpaired) electrons. The number of nitrogens with one attached hydrogen (secondary N) is 2. The monoisotopic (exact) mass is 450 g/mol. The summed E-state index contributed by atoms with van der Waals surface area (Å²) >= 11 is 2.42. The van der Waals surface area contributed by atoms with E-state index in [9.17, 15) is 9.59 Å². The molecule has 7 nitrogen and oxygen atoms in total. The molecule has 31 heavy (non-hydrogen) atoms. The molecule has 0 atom stereocenters. The van der Waals surface area contributed by atoms with Gasteiger partial charge in [-0.15, -0.1) is 16.4 Å². The van der Waals surface area contributed by atoms with Gasteiger partial charge in [-0.3, -0.25) is 9.59 Å². The molecule has 0 spiro atoms. The number of carbonyl (C=O) groups excluding carboxylic acids is 2. The molecule has 0 fully saturated rings. The fourth-order valence-electron chi connectivity index (χ4n) is 2.88. The minimum absolute atomic E-state index is 0.265. The summed E-state index contributed by atoms with van der Waals surface area (Å²) in [6.07, 6.45) is 0. The second kappa shape index (κ2) is 9.07. The highest BCUT2D eigenvalue weighted by atomic mass is 32.1. The zero-order valence-corrected chi connectivity index (χ0v) is 18.3. The van der Waals surface area contributed by atoms with E-state index in [1.54, 1.807) is 43.5 Å². The Morgan fingerprint density at radius 3 is 2.26 bits per heavy atom. The molecule has 2 N–H and O–H groups in total. The molecule has 9 heteroatoms. The van der Waals surface area contributed by atoms with Crippen LogP contribution in [0, 0.1) is 6.92 Å². The second-order valence-electron chi connectivity index (χ2n) is 6.62. The van der Waals surface area contributed by atoms with Crippen molar-refractivity contribution in [3.05, 3.63) is 75.3 Å². The first-order chi connectivity index (χ1) is 15.0. The fraction of sp³-hybridized carbons (Fsp3) is 0.0909. The number of anilines is 2. The van der Waals surface area contributed by atoms with Crippen LogP contribution in [0.2, 0.25) is 0 Å². The van der Waals surface area contributed by atoms with Crippen LogP contribution in [0.1, 0.15) is 24.9 Å². The third kappa shape index (κ3) is 4.79. The van der Waals surface area contributed by atoms with Crippen LogP contribution in [0.4, 0.5) is 11.4 Å². The number of aryl methyl sites for hydroxylation is 1. The molecule has 2 amide bonds. The molecule has 0 unspecified atom stereocenters. The number of methoxy groups -OCH3 is 1. The molecule has 0 bridgehead atoms. The third-order valence-corrected chi connectivity index (χ3v) is 6.12. The van der Waals surface area contributed by atoms with Crippen molar-refractivity contribution in [1.82, 2.24) is 9.59 Å². The summed E-state index contributed by atoms with van der Waals surface area (Å²) in [6, 6.07) is 16.1. The minimum Gasteiger partial charge on any atom is -0.497 e. The van der Waals surface area contributed by atoms with Gasteiger partial charge in [0.1, 0.15) is 11.4 Å². The van der Waals surface area contributed by atoms with Crippen LogP contribution in [-0.4, -0.2) is 28.5 Å². The number of carbonyl (C=O) groups is 2. The Labute approximate surface area is 186 Å². The van der Waals surface area contributed by atoms with Gasteiger partial charge in [0.15, 0.2) is 0 Å². The van der Waals surface area contributed by atoms with E-state index in [0.29, 0.717) is 21.1 Å². The van der Waals surface area contributed by atoms with Crippen LogP contribution in [0.25, 0.3) is 11.3 Å². The largest absolute Gasteiger partial charge is 0.497 e. The molecular weight excluding hydrogens is 432 g/mol. The molecule has 0 saturated carbocycles. The molecule has 0 saturated heterocycles. The van der Waals surface area contributed by atoms with Gasteiger partial charge in [0.05, 0.1) is 16.9 Å².